The molecule has 0 aliphatic rings. The zero-order chi connectivity index (χ0) is 14.9. The number of esters is 1. The predicted octanol–water partition coefficient (Wildman–Crippen LogP) is 3.80. The fourth-order valence-electron chi connectivity index (χ4n) is 2.17. The summed E-state index contributed by atoms with van der Waals surface area (Å²) in [5, 5.41) is 4.25. The van der Waals surface area contributed by atoms with Crippen LogP contribution in [0.25, 0.3) is 11.0 Å². The number of furan rings is 1. The van der Waals surface area contributed by atoms with Crippen LogP contribution >= 0.6 is 15.9 Å². The SMILES string of the molecule is COC(=O)C(C)(C)NC(C)c1cc2cc(Br)ccc2o1. The molecule has 1 N–H and O–H groups in total. The van der Waals surface area contributed by atoms with Gasteiger partial charge < -0.3 is 9.15 Å². The van der Waals surface area contributed by atoms with E-state index >= 15 is 0 Å². The van der Waals surface area contributed by atoms with Crippen molar-refractivity contribution < 1.29 is 13.9 Å². The second kappa shape index (κ2) is 5.58. The van der Waals surface area contributed by atoms with Gasteiger partial charge >= 0.3 is 5.97 Å². The molecule has 0 radical (unpaired) electrons. The van der Waals surface area contributed by atoms with Crippen LogP contribution in [0.2, 0.25) is 0 Å². The second-order valence-corrected chi connectivity index (χ2v) is 6.23. The van der Waals surface area contributed by atoms with Crippen LogP contribution in [0.15, 0.2) is 33.2 Å². The van der Waals surface area contributed by atoms with Crippen molar-refractivity contribution in [2.24, 2.45) is 0 Å². The number of carbonyl (C=O) groups is 1. The molecule has 1 aromatic heterocycles. The summed E-state index contributed by atoms with van der Waals surface area (Å²) in [5.74, 6) is 0.485. The van der Waals surface area contributed by atoms with E-state index in [4.69, 9.17) is 9.15 Å². The van der Waals surface area contributed by atoms with Crippen molar-refractivity contribution in [3.05, 3.63) is 34.5 Å². The molecule has 0 saturated carbocycles. The topological polar surface area (TPSA) is 51.5 Å². The van der Waals surface area contributed by atoms with Crippen molar-refractivity contribution in [2.75, 3.05) is 7.11 Å². The summed E-state index contributed by atoms with van der Waals surface area (Å²) in [6, 6.07) is 7.73. The molecule has 1 atom stereocenters. The monoisotopic (exact) mass is 339 g/mol. The van der Waals surface area contributed by atoms with E-state index in [1.165, 1.54) is 7.11 Å². The highest BCUT2D eigenvalue weighted by atomic mass is 79.9. The number of fused-ring (bicyclic) bond motifs is 1. The van der Waals surface area contributed by atoms with Gasteiger partial charge in [-0.05, 0) is 45.0 Å². The highest BCUT2D eigenvalue weighted by Gasteiger charge is 2.31. The summed E-state index contributed by atoms with van der Waals surface area (Å²) in [4.78, 5) is 11.7. The van der Waals surface area contributed by atoms with E-state index in [-0.39, 0.29) is 12.0 Å². The average molecular weight is 340 g/mol. The minimum absolute atomic E-state index is 0.102. The molecule has 0 aliphatic heterocycles. The Bertz CT molecular complexity index is 633. The van der Waals surface area contributed by atoms with Crippen LogP contribution < -0.4 is 5.32 Å². The number of halogens is 1. The van der Waals surface area contributed by atoms with Gasteiger partial charge in [0, 0.05) is 9.86 Å². The first kappa shape index (κ1) is 15.1. The van der Waals surface area contributed by atoms with Gasteiger partial charge in [-0.15, -0.1) is 0 Å². The molecule has 20 heavy (non-hydrogen) atoms. The smallest absolute Gasteiger partial charge is 0.325 e. The van der Waals surface area contributed by atoms with Gasteiger partial charge in [-0.3, -0.25) is 10.1 Å². The third kappa shape index (κ3) is 3.04. The van der Waals surface area contributed by atoms with E-state index in [0.717, 1.165) is 21.2 Å². The number of benzene rings is 1. The van der Waals surface area contributed by atoms with Gasteiger partial charge in [0.15, 0.2) is 0 Å². The molecule has 2 rings (SSSR count). The average Bonchev–Trinajstić information content (AvgIpc) is 2.80. The fraction of sp³-hybridized carbons (Fsp3) is 0.400. The Morgan fingerprint density at radius 2 is 2.10 bits per heavy atom. The molecule has 0 amide bonds. The van der Waals surface area contributed by atoms with Crippen LogP contribution in [-0.2, 0) is 9.53 Å². The molecule has 0 saturated heterocycles. The maximum Gasteiger partial charge on any atom is 0.325 e. The molecule has 4 nitrogen and oxygen atoms in total. The molecule has 0 aliphatic carbocycles. The van der Waals surface area contributed by atoms with E-state index in [1.807, 2.05) is 31.2 Å². The Hall–Kier alpha value is -1.33. The van der Waals surface area contributed by atoms with Crippen molar-refractivity contribution >= 4 is 32.9 Å². The van der Waals surface area contributed by atoms with E-state index < -0.39 is 5.54 Å². The third-order valence-electron chi connectivity index (χ3n) is 3.20. The summed E-state index contributed by atoms with van der Waals surface area (Å²) in [6.07, 6.45) is 0. The molecule has 0 bridgehead atoms. The normalized spacial score (nSPS) is 13.4. The third-order valence-corrected chi connectivity index (χ3v) is 3.69. The Morgan fingerprint density at radius 1 is 1.40 bits per heavy atom. The van der Waals surface area contributed by atoms with Gasteiger partial charge in [0.05, 0.1) is 13.2 Å². The van der Waals surface area contributed by atoms with Gasteiger partial charge in [0.2, 0.25) is 0 Å². The van der Waals surface area contributed by atoms with Gasteiger partial charge in [-0.25, -0.2) is 0 Å². The number of methoxy groups -OCH3 is 1. The zero-order valence-electron chi connectivity index (χ0n) is 12.0. The number of nitrogens with one attached hydrogen (secondary N) is 1. The van der Waals surface area contributed by atoms with E-state index in [9.17, 15) is 4.79 Å². The molecule has 108 valence electrons. The largest absolute Gasteiger partial charge is 0.468 e. The summed E-state index contributed by atoms with van der Waals surface area (Å²) in [7, 11) is 1.38. The number of ether oxygens (including phenoxy) is 1. The lowest BCUT2D eigenvalue weighted by atomic mass is 10.0. The number of carbonyl (C=O) groups excluding carboxylic acids is 1. The van der Waals surface area contributed by atoms with Crippen LogP contribution in [0.4, 0.5) is 0 Å². The van der Waals surface area contributed by atoms with Crippen molar-refractivity contribution in [1.29, 1.82) is 0 Å². The van der Waals surface area contributed by atoms with Crippen molar-refractivity contribution in [3.8, 4) is 0 Å². The van der Waals surface area contributed by atoms with E-state index in [0.29, 0.717) is 0 Å². The van der Waals surface area contributed by atoms with Crippen molar-refractivity contribution in [2.45, 2.75) is 32.4 Å². The first-order valence-electron chi connectivity index (χ1n) is 6.38. The molecule has 0 spiro atoms. The Balaban J connectivity index is 2.23. The number of hydrogen-bond acceptors (Lipinski definition) is 4. The molecule has 5 heteroatoms. The maximum atomic E-state index is 11.7. The van der Waals surface area contributed by atoms with Gasteiger partial charge in [0.25, 0.3) is 0 Å². The summed E-state index contributed by atoms with van der Waals surface area (Å²) >= 11 is 3.44. The van der Waals surface area contributed by atoms with Crippen molar-refractivity contribution in [1.82, 2.24) is 5.32 Å². The quantitative estimate of drug-likeness (QED) is 0.861. The summed E-state index contributed by atoms with van der Waals surface area (Å²) in [5.41, 5.74) is 0.0565. The van der Waals surface area contributed by atoms with Crippen LogP contribution in [0.5, 0.6) is 0 Å². The van der Waals surface area contributed by atoms with Gasteiger partial charge in [-0.2, -0.15) is 0 Å². The lowest BCUT2D eigenvalue weighted by Gasteiger charge is -2.26. The van der Waals surface area contributed by atoms with Crippen LogP contribution in [0.3, 0.4) is 0 Å². The Morgan fingerprint density at radius 3 is 2.75 bits per heavy atom. The number of hydrogen-bond donors (Lipinski definition) is 1. The van der Waals surface area contributed by atoms with Crippen LogP contribution in [0.1, 0.15) is 32.6 Å². The molecule has 1 aromatic carbocycles. The standard InChI is InChI=1S/C15H18BrNO3/c1-9(17-15(2,3)14(18)19-4)13-8-10-7-11(16)5-6-12(10)20-13/h5-9,17H,1-4H3. The Kier molecular flexibility index (Phi) is 4.20. The number of rotatable bonds is 4. The van der Waals surface area contributed by atoms with Crippen LogP contribution in [-0.4, -0.2) is 18.6 Å². The van der Waals surface area contributed by atoms with Gasteiger partial charge in [-0.1, -0.05) is 15.9 Å². The molecule has 1 heterocycles. The van der Waals surface area contributed by atoms with E-state index in [1.54, 1.807) is 13.8 Å². The first-order chi connectivity index (χ1) is 9.33. The lowest BCUT2D eigenvalue weighted by Crippen LogP contribution is -2.48. The molecular formula is C15H18BrNO3. The van der Waals surface area contributed by atoms with Gasteiger partial charge in [0.1, 0.15) is 16.9 Å². The van der Waals surface area contributed by atoms with Crippen molar-refractivity contribution in [3.63, 3.8) is 0 Å². The lowest BCUT2D eigenvalue weighted by molar-refractivity contribution is -0.147. The highest BCUT2D eigenvalue weighted by molar-refractivity contribution is 9.10. The maximum absolute atomic E-state index is 11.7. The second-order valence-electron chi connectivity index (χ2n) is 5.31. The molecule has 0 fully saturated rings. The highest BCUT2D eigenvalue weighted by Crippen LogP contribution is 2.27. The van der Waals surface area contributed by atoms with Crippen LogP contribution in [0, 0.1) is 0 Å². The minimum Gasteiger partial charge on any atom is -0.468 e. The first-order valence-corrected chi connectivity index (χ1v) is 7.18. The molecule has 2 aromatic rings. The zero-order valence-corrected chi connectivity index (χ0v) is 13.6. The summed E-state index contributed by atoms with van der Waals surface area (Å²) < 4.78 is 11.6. The molecule has 1 unspecified atom stereocenters. The fourth-order valence-corrected chi connectivity index (χ4v) is 2.55. The Labute approximate surface area is 126 Å². The minimum atomic E-state index is -0.770. The predicted molar refractivity (Wildman–Crippen MR) is 81.6 cm³/mol. The molecular weight excluding hydrogens is 322 g/mol. The van der Waals surface area contributed by atoms with E-state index in [2.05, 4.69) is 21.2 Å². The summed E-state index contributed by atoms with van der Waals surface area (Å²) in [6.45, 7) is 5.53.